The van der Waals surface area contributed by atoms with Gasteiger partial charge in [0.15, 0.2) is 0 Å². The molecular formula is C20H25ClN4O3S. The first-order valence-corrected chi connectivity index (χ1v) is 11.3. The van der Waals surface area contributed by atoms with Gasteiger partial charge in [0.1, 0.15) is 0 Å². The standard InChI is InChI=1S/C20H25ClN4O3S/c1-14-6-7-16(21)12-19(14)25-10-8-24(9-11-25)15(2)20(26)23-17-4-3-5-18(13-17)29(22,27)28/h3-7,12-13,15H,8-11H2,1-2H3,(H,23,26)(H2,22,27,28)/t15-/m0/s1. The summed E-state index contributed by atoms with van der Waals surface area (Å²) >= 11 is 6.14. The molecule has 7 nitrogen and oxygen atoms in total. The number of primary sulfonamides is 1. The number of carbonyl (C=O) groups excluding carboxylic acids is 1. The van der Waals surface area contributed by atoms with E-state index in [2.05, 4.69) is 22.0 Å². The zero-order valence-electron chi connectivity index (χ0n) is 16.4. The summed E-state index contributed by atoms with van der Waals surface area (Å²) < 4.78 is 23.0. The first-order chi connectivity index (χ1) is 13.6. The molecule has 2 aromatic carbocycles. The Labute approximate surface area is 176 Å². The maximum absolute atomic E-state index is 12.7. The van der Waals surface area contributed by atoms with Gasteiger partial charge in [-0.05, 0) is 49.7 Å². The third-order valence-electron chi connectivity index (χ3n) is 5.18. The number of nitrogens with two attached hydrogens (primary N) is 1. The smallest absolute Gasteiger partial charge is 0.241 e. The molecule has 2 aromatic rings. The lowest BCUT2D eigenvalue weighted by Gasteiger charge is -2.39. The molecular weight excluding hydrogens is 412 g/mol. The van der Waals surface area contributed by atoms with Crippen LogP contribution in [-0.4, -0.2) is 51.4 Å². The van der Waals surface area contributed by atoms with Crippen LogP contribution in [0.4, 0.5) is 11.4 Å². The van der Waals surface area contributed by atoms with Crippen molar-refractivity contribution in [3.05, 3.63) is 53.1 Å². The van der Waals surface area contributed by atoms with Crippen LogP contribution < -0.4 is 15.4 Å². The van der Waals surface area contributed by atoms with E-state index < -0.39 is 10.0 Å². The highest BCUT2D eigenvalue weighted by molar-refractivity contribution is 7.89. The van der Waals surface area contributed by atoms with Crippen LogP contribution >= 0.6 is 11.6 Å². The molecule has 29 heavy (non-hydrogen) atoms. The lowest BCUT2D eigenvalue weighted by molar-refractivity contribution is -0.120. The number of rotatable bonds is 5. The average molecular weight is 437 g/mol. The fourth-order valence-electron chi connectivity index (χ4n) is 3.44. The Morgan fingerprint density at radius 2 is 1.83 bits per heavy atom. The number of sulfonamides is 1. The Balaban J connectivity index is 1.61. The number of nitrogens with zero attached hydrogens (tertiary/aromatic N) is 2. The molecule has 0 aromatic heterocycles. The van der Waals surface area contributed by atoms with Crippen LogP contribution in [0.5, 0.6) is 0 Å². The monoisotopic (exact) mass is 436 g/mol. The number of anilines is 2. The van der Waals surface area contributed by atoms with Crippen LogP contribution in [0.2, 0.25) is 5.02 Å². The third kappa shape index (κ3) is 5.27. The van der Waals surface area contributed by atoms with Gasteiger partial charge < -0.3 is 10.2 Å². The topological polar surface area (TPSA) is 95.7 Å². The van der Waals surface area contributed by atoms with E-state index in [4.69, 9.17) is 16.7 Å². The second-order valence-electron chi connectivity index (χ2n) is 7.19. The van der Waals surface area contributed by atoms with Crippen LogP contribution in [0.25, 0.3) is 0 Å². The molecule has 0 radical (unpaired) electrons. The van der Waals surface area contributed by atoms with E-state index in [9.17, 15) is 13.2 Å². The zero-order chi connectivity index (χ0) is 21.2. The van der Waals surface area contributed by atoms with Gasteiger partial charge in [-0.1, -0.05) is 23.7 Å². The van der Waals surface area contributed by atoms with E-state index in [0.717, 1.165) is 31.9 Å². The average Bonchev–Trinajstić information content (AvgIpc) is 2.69. The lowest BCUT2D eigenvalue weighted by atomic mass is 10.1. The van der Waals surface area contributed by atoms with E-state index in [1.165, 1.54) is 17.7 Å². The summed E-state index contributed by atoms with van der Waals surface area (Å²) in [5.41, 5.74) is 2.69. The van der Waals surface area contributed by atoms with Gasteiger partial charge in [-0.25, -0.2) is 13.6 Å². The molecule has 0 aliphatic carbocycles. The van der Waals surface area contributed by atoms with Crippen LogP contribution in [0, 0.1) is 6.92 Å². The van der Waals surface area contributed by atoms with Crippen molar-refractivity contribution >= 4 is 38.9 Å². The van der Waals surface area contributed by atoms with Crippen molar-refractivity contribution in [2.45, 2.75) is 24.8 Å². The molecule has 1 heterocycles. The Morgan fingerprint density at radius 3 is 2.48 bits per heavy atom. The molecule has 0 saturated carbocycles. The number of aryl methyl sites for hydroxylation is 1. The summed E-state index contributed by atoms with van der Waals surface area (Å²) in [6.45, 7) is 6.96. The molecule has 0 spiro atoms. The highest BCUT2D eigenvalue weighted by Gasteiger charge is 2.26. The van der Waals surface area contributed by atoms with Gasteiger partial charge >= 0.3 is 0 Å². The van der Waals surface area contributed by atoms with Gasteiger partial charge in [0.2, 0.25) is 15.9 Å². The van der Waals surface area contributed by atoms with Gasteiger partial charge in [0, 0.05) is 42.6 Å². The molecule has 3 rings (SSSR count). The summed E-state index contributed by atoms with van der Waals surface area (Å²) in [4.78, 5) is 17.0. The number of nitrogens with one attached hydrogen (secondary N) is 1. The maximum atomic E-state index is 12.7. The normalized spacial score (nSPS) is 16.5. The molecule has 3 N–H and O–H groups in total. The van der Waals surface area contributed by atoms with Crippen molar-refractivity contribution in [3.8, 4) is 0 Å². The van der Waals surface area contributed by atoms with Crippen molar-refractivity contribution < 1.29 is 13.2 Å². The number of benzene rings is 2. The molecule has 156 valence electrons. The number of halogens is 1. The summed E-state index contributed by atoms with van der Waals surface area (Å²) in [7, 11) is -3.82. The molecule has 1 saturated heterocycles. The second-order valence-corrected chi connectivity index (χ2v) is 9.19. The minimum absolute atomic E-state index is 0.0338. The second kappa shape index (κ2) is 8.71. The maximum Gasteiger partial charge on any atom is 0.241 e. The van der Waals surface area contributed by atoms with Gasteiger partial charge in [-0.2, -0.15) is 0 Å². The Kier molecular flexibility index (Phi) is 6.48. The lowest BCUT2D eigenvalue weighted by Crippen LogP contribution is -2.53. The molecule has 1 atom stereocenters. The van der Waals surface area contributed by atoms with Gasteiger partial charge in [0.05, 0.1) is 10.9 Å². The van der Waals surface area contributed by atoms with Crippen molar-refractivity contribution in [2.75, 3.05) is 36.4 Å². The number of hydrogen-bond acceptors (Lipinski definition) is 5. The zero-order valence-corrected chi connectivity index (χ0v) is 18.0. The molecule has 9 heteroatoms. The van der Waals surface area contributed by atoms with Crippen LogP contribution in [0.1, 0.15) is 12.5 Å². The summed E-state index contributed by atoms with van der Waals surface area (Å²) in [5, 5.41) is 8.64. The van der Waals surface area contributed by atoms with Crippen LogP contribution in [0.3, 0.4) is 0 Å². The summed E-state index contributed by atoms with van der Waals surface area (Å²) in [6, 6.07) is 11.5. The van der Waals surface area contributed by atoms with E-state index in [0.29, 0.717) is 10.7 Å². The molecule has 0 unspecified atom stereocenters. The third-order valence-corrected chi connectivity index (χ3v) is 6.33. The minimum Gasteiger partial charge on any atom is -0.369 e. The number of carbonyl (C=O) groups is 1. The van der Waals surface area contributed by atoms with Gasteiger partial charge in [-0.3, -0.25) is 9.69 Å². The van der Waals surface area contributed by atoms with Crippen molar-refractivity contribution in [3.63, 3.8) is 0 Å². The SMILES string of the molecule is Cc1ccc(Cl)cc1N1CCN([C@@H](C)C(=O)Nc2cccc(S(N)(=O)=O)c2)CC1. The Morgan fingerprint density at radius 1 is 1.14 bits per heavy atom. The quantitative estimate of drug-likeness (QED) is 0.750. The molecule has 0 bridgehead atoms. The van der Waals surface area contributed by atoms with E-state index in [1.54, 1.807) is 12.1 Å². The highest BCUT2D eigenvalue weighted by Crippen LogP contribution is 2.25. The van der Waals surface area contributed by atoms with Crippen molar-refractivity contribution in [2.24, 2.45) is 5.14 Å². The molecule has 1 aliphatic heterocycles. The molecule has 1 aliphatic rings. The number of amides is 1. The highest BCUT2D eigenvalue weighted by atomic mass is 35.5. The Bertz CT molecular complexity index is 1000. The predicted octanol–water partition coefficient (Wildman–Crippen LogP) is 2.45. The van der Waals surface area contributed by atoms with Gasteiger partial charge in [-0.15, -0.1) is 0 Å². The fraction of sp³-hybridized carbons (Fsp3) is 0.350. The van der Waals surface area contributed by atoms with Gasteiger partial charge in [0.25, 0.3) is 0 Å². The van der Waals surface area contributed by atoms with E-state index in [-0.39, 0.29) is 16.8 Å². The van der Waals surface area contributed by atoms with Crippen LogP contribution in [0.15, 0.2) is 47.4 Å². The summed E-state index contributed by atoms with van der Waals surface area (Å²) in [5.74, 6) is -0.191. The largest absolute Gasteiger partial charge is 0.369 e. The predicted molar refractivity (Wildman–Crippen MR) is 116 cm³/mol. The Hall–Kier alpha value is -2.13. The minimum atomic E-state index is -3.82. The van der Waals surface area contributed by atoms with E-state index in [1.807, 2.05) is 25.1 Å². The fourth-order valence-corrected chi connectivity index (χ4v) is 4.16. The van der Waals surface area contributed by atoms with E-state index >= 15 is 0 Å². The van der Waals surface area contributed by atoms with Crippen molar-refractivity contribution in [1.29, 1.82) is 0 Å². The first kappa shape index (κ1) is 21.6. The first-order valence-electron chi connectivity index (χ1n) is 9.34. The summed E-state index contributed by atoms with van der Waals surface area (Å²) in [6.07, 6.45) is 0. The van der Waals surface area contributed by atoms with Crippen LogP contribution in [-0.2, 0) is 14.8 Å². The number of hydrogen-bond donors (Lipinski definition) is 2. The molecule has 1 amide bonds. The molecule has 1 fully saturated rings. The number of piperazine rings is 1. The van der Waals surface area contributed by atoms with Crippen molar-refractivity contribution in [1.82, 2.24) is 4.90 Å².